The molecule has 2 aliphatic rings. The second-order valence-electron chi connectivity index (χ2n) is 5.44. The molecule has 0 aromatic rings. The Morgan fingerprint density at radius 1 is 1.33 bits per heavy atom. The van der Waals surface area contributed by atoms with Crippen LogP contribution in [0.1, 0.15) is 26.2 Å². The van der Waals surface area contributed by atoms with Crippen LogP contribution in [0.3, 0.4) is 0 Å². The van der Waals surface area contributed by atoms with Gasteiger partial charge in [-0.1, -0.05) is 0 Å². The Morgan fingerprint density at radius 2 is 1.94 bits per heavy atom. The Morgan fingerprint density at radius 3 is 2.56 bits per heavy atom. The van der Waals surface area contributed by atoms with Crippen LogP contribution >= 0.6 is 0 Å². The van der Waals surface area contributed by atoms with E-state index in [1.165, 1.54) is 11.2 Å². The molecule has 0 amide bonds. The predicted octanol–water partition coefficient (Wildman–Crippen LogP) is -0.151. The lowest BCUT2D eigenvalue weighted by molar-refractivity contribution is -0.136. The second kappa shape index (κ2) is 4.79. The molecule has 2 rings (SSSR count). The summed E-state index contributed by atoms with van der Waals surface area (Å²) in [5, 5.41) is 7.48. The number of nitrogens with zero attached hydrogens (tertiary/aromatic N) is 1. The molecule has 4 atom stereocenters. The van der Waals surface area contributed by atoms with Gasteiger partial charge in [-0.15, -0.1) is 0 Å². The van der Waals surface area contributed by atoms with Gasteiger partial charge in [0.25, 0.3) is 0 Å². The van der Waals surface area contributed by atoms with Crippen molar-refractivity contribution in [2.75, 3.05) is 13.1 Å². The average Bonchev–Trinajstić information content (AvgIpc) is 2.71. The van der Waals surface area contributed by atoms with Crippen LogP contribution in [0.15, 0.2) is 0 Å². The van der Waals surface area contributed by atoms with Crippen molar-refractivity contribution in [3.8, 4) is 0 Å². The first-order valence-electron chi connectivity index (χ1n) is 6.29. The zero-order chi connectivity index (χ0) is 13.5. The maximum atomic E-state index is 12.1. The summed E-state index contributed by atoms with van der Waals surface area (Å²) in [5.41, 5.74) is 5.89. The van der Waals surface area contributed by atoms with Crippen molar-refractivity contribution in [2.45, 2.75) is 37.5 Å². The highest BCUT2D eigenvalue weighted by atomic mass is 32.2. The summed E-state index contributed by atoms with van der Waals surface area (Å²) in [4.78, 5) is 10.8. The summed E-state index contributed by atoms with van der Waals surface area (Å²) in [5.74, 6) is -0.647. The van der Waals surface area contributed by atoms with E-state index in [-0.39, 0.29) is 6.04 Å². The van der Waals surface area contributed by atoms with Gasteiger partial charge in [-0.2, -0.15) is 0 Å². The molecule has 18 heavy (non-hydrogen) atoms. The minimum absolute atomic E-state index is 0.158. The summed E-state index contributed by atoms with van der Waals surface area (Å²) >= 11 is 0. The number of carboxylic acids is 1. The number of rotatable bonds is 3. The van der Waals surface area contributed by atoms with E-state index in [0.29, 0.717) is 24.9 Å². The Bertz CT molecular complexity index is 436. The Labute approximate surface area is 107 Å². The molecule has 0 spiro atoms. The molecule has 104 valence electrons. The van der Waals surface area contributed by atoms with Crippen LogP contribution in [0.25, 0.3) is 0 Å². The smallest absolute Gasteiger partial charge is 0.323 e. The SMILES string of the molecule is CC(C(=O)O)S(=O)(=O)N1C[C@H]2CCC(N)C[C@H]2C1. The largest absolute Gasteiger partial charge is 0.480 e. The number of hydrogen-bond donors (Lipinski definition) is 2. The molecular weight excluding hydrogens is 256 g/mol. The summed E-state index contributed by atoms with van der Waals surface area (Å²) in [6, 6.07) is 0.158. The topological polar surface area (TPSA) is 101 Å². The van der Waals surface area contributed by atoms with E-state index in [1.807, 2.05) is 0 Å². The molecule has 6 nitrogen and oxygen atoms in total. The molecule has 0 aromatic heterocycles. The van der Waals surface area contributed by atoms with E-state index in [0.717, 1.165) is 19.3 Å². The molecule has 3 N–H and O–H groups in total. The zero-order valence-electron chi connectivity index (χ0n) is 10.4. The van der Waals surface area contributed by atoms with Gasteiger partial charge in [-0.3, -0.25) is 4.79 Å². The van der Waals surface area contributed by atoms with E-state index in [9.17, 15) is 13.2 Å². The number of fused-ring (bicyclic) bond motifs is 1. The average molecular weight is 276 g/mol. The van der Waals surface area contributed by atoms with E-state index >= 15 is 0 Å². The summed E-state index contributed by atoms with van der Waals surface area (Å²) < 4.78 is 25.6. The fourth-order valence-corrected chi connectivity index (χ4v) is 4.48. The van der Waals surface area contributed by atoms with E-state index in [4.69, 9.17) is 10.8 Å². The molecule has 2 fully saturated rings. The van der Waals surface area contributed by atoms with Gasteiger partial charge in [0, 0.05) is 19.1 Å². The van der Waals surface area contributed by atoms with Crippen LogP contribution in [0.4, 0.5) is 0 Å². The number of nitrogens with two attached hydrogens (primary N) is 1. The summed E-state index contributed by atoms with van der Waals surface area (Å²) in [6.45, 7) is 2.11. The highest BCUT2D eigenvalue weighted by Crippen LogP contribution is 2.37. The van der Waals surface area contributed by atoms with Crippen LogP contribution in [0.5, 0.6) is 0 Å². The number of sulfonamides is 1. The first-order valence-corrected chi connectivity index (χ1v) is 7.80. The van der Waals surface area contributed by atoms with Gasteiger partial charge in [-0.25, -0.2) is 12.7 Å². The minimum atomic E-state index is -3.72. The first-order chi connectivity index (χ1) is 8.32. The van der Waals surface area contributed by atoms with Crippen molar-refractivity contribution in [3.05, 3.63) is 0 Å². The number of carbonyl (C=O) groups is 1. The van der Waals surface area contributed by atoms with Crippen LogP contribution in [0, 0.1) is 11.8 Å². The van der Waals surface area contributed by atoms with Crippen molar-refractivity contribution in [1.29, 1.82) is 0 Å². The minimum Gasteiger partial charge on any atom is -0.480 e. The second-order valence-corrected chi connectivity index (χ2v) is 7.69. The standard InChI is InChI=1S/C11H20N2O4S/c1-7(11(14)15)18(16,17)13-5-8-2-3-10(12)4-9(8)6-13/h7-10H,2-6,12H2,1H3,(H,14,15)/t7?,8-,9+,10?/m1/s1. The molecule has 1 saturated heterocycles. The van der Waals surface area contributed by atoms with Crippen molar-refractivity contribution in [3.63, 3.8) is 0 Å². The summed E-state index contributed by atoms with van der Waals surface area (Å²) in [6.07, 6.45) is 2.72. The van der Waals surface area contributed by atoms with Crippen molar-refractivity contribution in [1.82, 2.24) is 4.31 Å². The number of carboxylic acid groups (broad SMARTS) is 1. The highest BCUT2D eigenvalue weighted by molar-refractivity contribution is 7.90. The lowest BCUT2D eigenvalue weighted by Crippen LogP contribution is -2.40. The third kappa shape index (κ3) is 2.39. The lowest BCUT2D eigenvalue weighted by Gasteiger charge is -2.28. The molecule has 0 radical (unpaired) electrons. The lowest BCUT2D eigenvalue weighted by atomic mass is 9.79. The van der Waals surface area contributed by atoms with Gasteiger partial charge in [0.2, 0.25) is 10.0 Å². The molecule has 1 aliphatic heterocycles. The van der Waals surface area contributed by atoms with Gasteiger partial charge in [-0.05, 0) is 38.0 Å². The van der Waals surface area contributed by atoms with Gasteiger partial charge < -0.3 is 10.8 Å². The molecule has 0 bridgehead atoms. The molecule has 1 saturated carbocycles. The third-order valence-corrected chi connectivity index (χ3v) is 6.32. The fourth-order valence-electron chi connectivity index (χ4n) is 2.98. The van der Waals surface area contributed by atoms with E-state index in [1.54, 1.807) is 0 Å². The molecular formula is C11H20N2O4S. The number of aliphatic carboxylic acids is 1. The third-order valence-electron chi connectivity index (χ3n) is 4.21. The maximum Gasteiger partial charge on any atom is 0.323 e. The Kier molecular flexibility index (Phi) is 3.66. The van der Waals surface area contributed by atoms with Crippen LogP contribution in [-0.4, -0.2) is 48.2 Å². The Hall–Kier alpha value is -0.660. The highest BCUT2D eigenvalue weighted by Gasteiger charge is 2.44. The first kappa shape index (κ1) is 13.8. The monoisotopic (exact) mass is 276 g/mol. The van der Waals surface area contributed by atoms with Crippen molar-refractivity contribution >= 4 is 16.0 Å². The molecule has 7 heteroatoms. The molecule has 1 heterocycles. The Balaban J connectivity index is 2.11. The van der Waals surface area contributed by atoms with Gasteiger partial charge in [0.15, 0.2) is 5.25 Å². The quantitative estimate of drug-likeness (QED) is 0.746. The zero-order valence-corrected chi connectivity index (χ0v) is 11.3. The van der Waals surface area contributed by atoms with Crippen molar-refractivity contribution < 1.29 is 18.3 Å². The molecule has 1 aliphatic carbocycles. The summed E-state index contributed by atoms with van der Waals surface area (Å²) in [7, 11) is -3.72. The number of hydrogen-bond acceptors (Lipinski definition) is 4. The predicted molar refractivity (Wildman–Crippen MR) is 66.4 cm³/mol. The fraction of sp³-hybridized carbons (Fsp3) is 0.909. The van der Waals surface area contributed by atoms with Crippen molar-refractivity contribution in [2.24, 2.45) is 17.6 Å². The maximum absolute atomic E-state index is 12.1. The molecule has 0 aromatic carbocycles. The van der Waals surface area contributed by atoms with Gasteiger partial charge >= 0.3 is 5.97 Å². The van der Waals surface area contributed by atoms with Crippen LogP contribution in [-0.2, 0) is 14.8 Å². The van der Waals surface area contributed by atoms with Gasteiger partial charge in [0.1, 0.15) is 0 Å². The molecule has 2 unspecified atom stereocenters. The van der Waals surface area contributed by atoms with Crippen LogP contribution < -0.4 is 5.73 Å². The van der Waals surface area contributed by atoms with Gasteiger partial charge in [0.05, 0.1) is 0 Å². The van der Waals surface area contributed by atoms with E-state index < -0.39 is 21.2 Å². The van der Waals surface area contributed by atoms with Crippen LogP contribution in [0.2, 0.25) is 0 Å². The normalized spacial score (nSPS) is 35.1. The van der Waals surface area contributed by atoms with E-state index in [2.05, 4.69) is 0 Å².